The van der Waals surface area contributed by atoms with E-state index in [4.69, 9.17) is 9.72 Å². The minimum atomic E-state index is 0.317. The van der Waals surface area contributed by atoms with Gasteiger partial charge in [-0.3, -0.25) is 4.90 Å². The summed E-state index contributed by atoms with van der Waals surface area (Å²) in [5.41, 5.74) is 2.35. The predicted octanol–water partition coefficient (Wildman–Crippen LogP) is 4.02. The molecule has 6 nitrogen and oxygen atoms in total. The maximum absolute atomic E-state index is 5.24. The van der Waals surface area contributed by atoms with Crippen LogP contribution < -0.4 is 10.1 Å². The molecule has 0 spiro atoms. The zero-order chi connectivity index (χ0) is 17.8. The molecule has 3 heterocycles. The number of ether oxygens (including phenoxy) is 1. The van der Waals surface area contributed by atoms with Gasteiger partial charge in [-0.1, -0.05) is 12.1 Å². The molecule has 0 saturated carbocycles. The van der Waals surface area contributed by atoms with E-state index in [1.54, 1.807) is 13.3 Å². The predicted molar refractivity (Wildman–Crippen MR) is 103 cm³/mol. The lowest BCUT2D eigenvalue weighted by molar-refractivity contribution is 0.244. The van der Waals surface area contributed by atoms with Gasteiger partial charge < -0.3 is 10.1 Å². The average molecular weight is 367 g/mol. The lowest BCUT2D eigenvalue weighted by atomic mass is 10.1. The monoisotopic (exact) mass is 367 g/mol. The van der Waals surface area contributed by atoms with Crippen molar-refractivity contribution in [3.63, 3.8) is 0 Å². The number of likely N-dealkylation sites (tertiary alicyclic amines) is 1. The van der Waals surface area contributed by atoms with Gasteiger partial charge in [-0.05, 0) is 43.1 Å². The van der Waals surface area contributed by atoms with Crippen LogP contribution in [0.4, 0.5) is 11.1 Å². The highest BCUT2D eigenvalue weighted by atomic mass is 32.1. The number of benzene rings is 1. The summed E-state index contributed by atoms with van der Waals surface area (Å²) in [4.78, 5) is 15.8. The van der Waals surface area contributed by atoms with Crippen molar-refractivity contribution in [2.75, 3.05) is 19.0 Å². The number of methoxy groups -OCH3 is 1. The molecule has 1 unspecified atom stereocenters. The van der Waals surface area contributed by atoms with E-state index >= 15 is 0 Å². The fourth-order valence-electron chi connectivity index (χ4n) is 3.32. The highest BCUT2D eigenvalue weighted by Gasteiger charge is 2.27. The van der Waals surface area contributed by atoms with Crippen LogP contribution in [0.25, 0.3) is 0 Å². The van der Waals surface area contributed by atoms with Crippen LogP contribution >= 0.6 is 11.3 Å². The number of nitrogens with zero attached hydrogens (tertiary/aromatic N) is 4. The lowest BCUT2D eigenvalue weighted by Gasteiger charge is -2.24. The number of thiazole rings is 1. The molecule has 26 heavy (non-hydrogen) atoms. The summed E-state index contributed by atoms with van der Waals surface area (Å²) < 4.78 is 5.24. The van der Waals surface area contributed by atoms with Gasteiger partial charge >= 0.3 is 0 Å². The Morgan fingerprint density at radius 1 is 1.19 bits per heavy atom. The summed E-state index contributed by atoms with van der Waals surface area (Å²) in [5.74, 6) is 1.49. The Bertz CT molecular complexity index is 837. The second kappa shape index (κ2) is 7.80. The van der Waals surface area contributed by atoms with Crippen molar-refractivity contribution < 1.29 is 4.74 Å². The number of nitrogens with one attached hydrogen (secondary N) is 1. The molecule has 1 aliphatic rings. The van der Waals surface area contributed by atoms with Gasteiger partial charge in [0, 0.05) is 24.3 Å². The quantitative estimate of drug-likeness (QED) is 0.710. The first kappa shape index (κ1) is 16.9. The van der Waals surface area contributed by atoms with E-state index in [0.29, 0.717) is 12.0 Å². The molecule has 0 aliphatic carbocycles. The molecular weight excluding hydrogens is 346 g/mol. The van der Waals surface area contributed by atoms with E-state index in [9.17, 15) is 0 Å². The Morgan fingerprint density at radius 3 is 2.85 bits per heavy atom. The largest absolute Gasteiger partial charge is 0.497 e. The molecule has 0 radical (unpaired) electrons. The van der Waals surface area contributed by atoms with Crippen molar-refractivity contribution in [2.45, 2.75) is 25.4 Å². The zero-order valence-corrected chi connectivity index (χ0v) is 15.4. The van der Waals surface area contributed by atoms with E-state index < -0.39 is 0 Å². The first-order valence-electron chi connectivity index (χ1n) is 8.68. The summed E-state index contributed by atoms with van der Waals surface area (Å²) in [5, 5.41) is 5.92. The zero-order valence-electron chi connectivity index (χ0n) is 14.6. The molecule has 1 aliphatic heterocycles. The minimum absolute atomic E-state index is 0.317. The Morgan fingerprint density at radius 2 is 2.08 bits per heavy atom. The molecule has 1 N–H and O–H groups in total. The maximum Gasteiger partial charge on any atom is 0.229 e. The fraction of sp³-hybridized carbons (Fsp3) is 0.316. The standard InChI is InChI=1S/C19H21N5OS/c1-25-15-6-4-14(5-7-15)13-24-11-2-3-17(24)16-8-9-20-18(22-16)23-19-21-10-12-26-19/h4-10,12,17H,2-3,11,13H2,1H3,(H,20,21,22,23). The number of rotatable bonds is 6. The van der Waals surface area contributed by atoms with Gasteiger partial charge in [0.1, 0.15) is 5.75 Å². The normalized spacial score (nSPS) is 17.3. The molecule has 1 aromatic carbocycles. The topological polar surface area (TPSA) is 63.2 Å². The number of anilines is 2. The van der Waals surface area contributed by atoms with Gasteiger partial charge in [-0.2, -0.15) is 0 Å². The van der Waals surface area contributed by atoms with Crippen molar-refractivity contribution in [3.05, 3.63) is 59.4 Å². The van der Waals surface area contributed by atoms with Gasteiger partial charge in [0.25, 0.3) is 0 Å². The van der Waals surface area contributed by atoms with Crippen LogP contribution in [0.1, 0.15) is 30.1 Å². The average Bonchev–Trinajstić information content (AvgIpc) is 3.35. The van der Waals surface area contributed by atoms with E-state index in [1.165, 1.54) is 23.3 Å². The highest BCUT2D eigenvalue weighted by molar-refractivity contribution is 7.13. The SMILES string of the molecule is COc1ccc(CN2CCCC2c2ccnc(Nc3nccs3)n2)cc1. The molecule has 1 saturated heterocycles. The van der Waals surface area contributed by atoms with Gasteiger partial charge in [0.2, 0.25) is 5.95 Å². The van der Waals surface area contributed by atoms with Gasteiger partial charge in [0.05, 0.1) is 18.8 Å². The molecule has 3 aromatic rings. The van der Waals surface area contributed by atoms with E-state index in [1.807, 2.05) is 29.8 Å². The second-order valence-electron chi connectivity index (χ2n) is 6.24. The minimum Gasteiger partial charge on any atom is -0.497 e. The molecule has 2 aromatic heterocycles. The van der Waals surface area contributed by atoms with Crippen LogP contribution in [0.2, 0.25) is 0 Å². The van der Waals surface area contributed by atoms with E-state index in [-0.39, 0.29) is 0 Å². The summed E-state index contributed by atoms with van der Waals surface area (Å²) in [6, 6.07) is 10.6. The number of hydrogen-bond donors (Lipinski definition) is 1. The van der Waals surface area contributed by atoms with Crippen LogP contribution in [0.5, 0.6) is 5.75 Å². The van der Waals surface area contributed by atoms with E-state index in [0.717, 1.165) is 36.1 Å². The van der Waals surface area contributed by atoms with Crippen LogP contribution in [0.15, 0.2) is 48.1 Å². The van der Waals surface area contributed by atoms with Gasteiger partial charge in [0.15, 0.2) is 5.13 Å². The summed E-state index contributed by atoms with van der Waals surface area (Å²) >= 11 is 1.54. The molecule has 0 bridgehead atoms. The molecule has 1 fully saturated rings. The highest BCUT2D eigenvalue weighted by Crippen LogP contribution is 2.32. The summed E-state index contributed by atoms with van der Waals surface area (Å²) in [7, 11) is 1.69. The van der Waals surface area contributed by atoms with Crippen molar-refractivity contribution in [1.82, 2.24) is 19.9 Å². The Balaban J connectivity index is 1.48. The van der Waals surface area contributed by atoms with Crippen molar-refractivity contribution in [2.24, 2.45) is 0 Å². The third-order valence-corrected chi connectivity index (χ3v) is 5.27. The van der Waals surface area contributed by atoms with Crippen LogP contribution in [0, 0.1) is 0 Å². The van der Waals surface area contributed by atoms with Crippen molar-refractivity contribution in [1.29, 1.82) is 0 Å². The Kier molecular flexibility index (Phi) is 5.08. The molecule has 0 amide bonds. The molecule has 1 atom stereocenters. The van der Waals surface area contributed by atoms with Crippen LogP contribution in [-0.4, -0.2) is 33.5 Å². The summed E-state index contributed by atoms with van der Waals surface area (Å²) in [6.07, 6.45) is 5.89. The first-order chi connectivity index (χ1) is 12.8. The van der Waals surface area contributed by atoms with Crippen LogP contribution in [0.3, 0.4) is 0 Å². The van der Waals surface area contributed by atoms with Crippen molar-refractivity contribution in [3.8, 4) is 5.75 Å². The van der Waals surface area contributed by atoms with Crippen molar-refractivity contribution >= 4 is 22.4 Å². The smallest absolute Gasteiger partial charge is 0.229 e. The molecule has 7 heteroatoms. The lowest BCUT2D eigenvalue weighted by Crippen LogP contribution is -2.23. The molecular formula is C19H21N5OS. The second-order valence-corrected chi connectivity index (χ2v) is 7.14. The first-order valence-corrected chi connectivity index (χ1v) is 9.56. The third kappa shape index (κ3) is 3.84. The van der Waals surface area contributed by atoms with Crippen LogP contribution in [-0.2, 0) is 6.54 Å². The van der Waals surface area contributed by atoms with E-state index in [2.05, 4.69) is 32.3 Å². The molecule has 134 valence electrons. The number of hydrogen-bond acceptors (Lipinski definition) is 7. The Hall–Kier alpha value is -2.51. The number of aromatic nitrogens is 3. The van der Waals surface area contributed by atoms with Gasteiger partial charge in [-0.25, -0.2) is 15.0 Å². The fourth-order valence-corrected chi connectivity index (χ4v) is 3.84. The molecule has 4 rings (SSSR count). The summed E-state index contributed by atoms with van der Waals surface area (Å²) in [6.45, 7) is 1.99. The third-order valence-electron chi connectivity index (χ3n) is 4.58. The maximum atomic E-state index is 5.24. The Labute approximate surface area is 156 Å². The van der Waals surface area contributed by atoms with Gasteiger partial charge in [-0.15, -0.1) is 11.3 Å².